The van der Waals surface area contributed by atoms with Gasteiger partial charge in [-0.2, -0.15) is 0 Å². The lowest BCUT2D eigenvalue weighted by atomic mass is 10.3. The molecule has 2 unspecified atom stereocenters. The van der Waals surface area contributed by atoms with Gasteiger partial charge in [0.15, 0.2) is 0 Å². The first-order valence-corrected chi connectivity index (χ1v) is 6.79. The van der Waals surface area contributed by atoms with E-state index in [0.717, 1.165) is 12.8 Å². The maximum Gasteiger partial charge on any atom is 0.319 e. The van der Waals surface area contributed by atoms with Crippen molar-refractivity contribution in [1.82, 2.24) is 5.32 Å². The second kappa shape index (κ2) is 5.98. The normalized spacial score (nSPS) is 18.8. The zero-order chi connectivity index (χ0) is 12.1. The second-order valence-electron chi connectivity index (χ2n) is 4.01. The van der Waals surface area contributed by atoms with Crippen molar-refractivity contribution in [3.05, 3.63) is 0 Å². The van der Waals surface area contributed by atoms with Crippen molar-refractivity contribution in [2.24, 2.45) is 5.92 Å². The molecule has 1 aliphatic carbocycles. The highest BCUT2D eigenvalue weighted by molar-refractivity contribution is 7.87. The lowest BCUT2D eigenvalue weighted by Gasteiger charge is -2.09. The lowest BCUT2D eigenvalue weighted by molar-refractivity contribution is -0.136. The van der Waals surface area contributed by atoms with Crippen LogP contribution in [0.3, 0.4) is 0 Å². The molecular formula is C10H17NO4S. The molecular weight excluding hydrogens is 230 g/mol. The van der Waals surface area contributed by atoms with Crippen LogP contribution >= 0.6 is 0 Å². The van der Waals surface area contributed by atoms with Gasteiger partial charge < -0.3 is 10.4 Å². The fourth-order valence-electron chi connectivity index (χ4n) is 1.33. The van der Waals surface area contributed by atoms with Crippen molar-refractivity contribution < 1.29 is 18.9 Å². The Morgan fingerprint density at radius 2 is 2.12 bits per heavy atom. The molecule has 16 heavy (non-hydrogen) atoms. The third-order valence-corrected chi connectivity index (χ3v) is 4.24. The van der Waals surface area contributed by atoms with Crippen molar-refractivity contribution in [2.45, 2.75) is 31.4 Å². The first kappa shape index (κ1) is 13.2. The molecule has 1 saturated carbocycles. The third-order valence-electron chi connectivity index (χ3n) is 2.52. The van der Waals surface area contributed by atoms with E-state index in [2.05, 4.69) is 5.32 Å². The molecule has 92 valence electrons. The molecule has 1 amide bonds. The molecule has 1 rings (SSSR count). The molecule has 0 radical (unpaired) electrons. The van der Waals surface area contributed by atoms with Crippen LogP contribution in [0.2, 0.25) is 0 Å². The summed E-state index contributed by atoms with van der Waals surface area (Å²) in [6, 6.07) is 0. The molecule has 0 aromatic rings. The van der Waals surface area contributed by atoms with E-state index in [1.165, 1.54) is 0 Å². The predicted molar refractivity (Wildman–Crippen MR) is 60.5 cm³/mol. The number of carboxylic acid groups (broad SMARTS) is 1. The molecule has 0 saturated heterocycles. The monoisotopic (exact) mass is 247 g/mol. The van der Waals surface area contributed by atoms with E-state index in [0.29, 0.717) is 12.5 Å². The summed E-state index contributed by atoms with van der Waals surface area (Å²) in [4.78, 5) is 22.0. The van der Waals surface area contributed by atoms with E-state index >= 15 is 0 Å². The summed E-state index contributed by atoms with van der Waals surface area (Å²) in [5.41, 5.74) is 0. The molecule has 2 atom stereocenters. The molecule has 0 spiro atoms. The highest BCUT2D eigenvalue weighted by Gasteiger charge is 2.26. The van der Waals surface area contributed by atoms with Crippen LogP contribution in [0, 0.1) is 5.92 Å². The van der Waals surface area contributed by atoms with Gasteiger partial charge in [0.1, 0.15) is 11.0 Å². The van der Waals surface area contributed by atoms with Crippen LogP contribution in [-0.2, 0) is 20.4 Å². The van der Waals surface area contributed by atoms with Crippen molar-refractivity contribution in [3.8, 4) is 0 Å². The number of carboxylic acids is 1. The molecule has 2 N–H and O–H groups in total. The maximum absolute atomic E-state index is 11.6. The van der Waals surface area contributed by atoms with Crippen LogP contribution in [0.1, 0.15) is 26.2 Å². The Labute approximate surface area is 97.1 Å². The Hall–Kier alpha value is -0.910. The van der Waals surface area contributed by atoms with Gasteiger partial charge >= 0.3 is 5.97 Å². The van der Waals surface area contributed by atoms with E-state index in [1.54, 1.807) is 6.92 Å². The third kappa shape index (κ3) is 4.30. The molecule has 1 aliphatic rings. The molecule has 6 heteroatoms. The van der Waals surface area contributed by atoms with Crippen molar-refractivity contribution in [2.75, 3.05) is 12.3 Å². The fourth-order valence-corrected chi connectivity index (χ4v) is 2.49. The van der Waals surface area contributed by atoms with Crippen LogP contribution in [-0.4, -0.2) is 38.7 Å². The van der Waals surface area contributed by atoms with Crippen LogP contribution in [0.5, 0.6) is 0 Å². The summed E-state index contributed by atoms with van der Waals surface area (Å²) in [6.45, 7) is 2.28. The van der Waals surface area contributed by atoms with Crippen molar-refractivity contribution in [3.63, 3.8) is 0 Å². The first-order valence-electron chi connectivity index (χ1n) is 5.41. The minimum absolute atomic E-state index is 0.211. The molecule has 1 fully saturated rings. The fraction of sp³-hybridized carbons (Fsp3) is 0.800. The Morgan fingerprint density at radius 1 is 1.50 bits per heavy atom. The van der Waals surface area contributed by atoms with Crippen LogP contribution in [0.4, 0.5) is 0 Å². The minimum atomic E-state index is -1.62. The second-order valence-corrected chi connectivity index (χ2v) is 5.63. The highest BCUT2D eigenvalue weighted by Crippen LogP contribution is 2.27. The highest BCUT2D eigenvalue weighted by atomic mass is 32.2. The zero-order valence-corrected chi connectivity index (χ0v) is 10.1. The summed E-state index contributed by atoms with van der Waals surface area (Å²) >= 11 is 0. The van der Waals surface area contributed by atoms with E-state index in [4.69, 9.17) is 5.11 Å². The standard InChI is InChI=1S/C10H17NO4S/c1-2-8(10(13)14)16(15)6-9(12)11-5-7-3-4-7/h7-8H,2-6H2,1H3,(H,11,12)(H,13,14). The summed E-state index contributed by atoms with van der Waals surface area (Å²) in [7, 11) is -1.62. The largest absolute Gasteiger partial charge is 0.480 e. The summed E-state index contributed by atoms with van der Waals surface area (Å²) in [5, 5.41) is 10.5. The van der Waals surface area contributed by atoms with Gasteiger partial charge in [-0.1, -0.05) is 6.92 Å². The van der Waals surface area contributed by atoms with Crippen molar-refractivity contribution in [1.29, 1.82) is 0 Å². The number of rotatable bonds is 7. The molecule has 0 aromatic carbocycles. The Bertz CT molecular complexity index is 301. The van der Waals surface area contributed by atoms with Gasteiger partial charge in [0.05, 0.1) is 0 Å². The van der Waals surface area contributed by atoms with Gasteiger partial charge in [0.25, 0.3) is 0 Å². The van der Waals surface area contributed by atoms with Crippen molar-refractivity contribution >= 4 is 22.7 Å². The number of aliphatic carboxylic acids is 1. The topological polar surface area (TPSA) is 83.5 Å². The van der Waals surface area contributed by atoms with E-state index in [1.807, 2.05) is 0 Å². The Kier molecular flexibility index (Phi) is 4.92. The van der Waals surface area contributed by atoms with E-state index in [9.17, 15) is 13.8 Å². The van der Waals surface area contributed by atoms with E-state index in [-0.39, 0.29) is 18.1 Å². The smallest absolute Gasteiger partial charge is 0.319 e. The van der Waals surface area contributed by atoms with Gasteiger partial charge in [-0.05, 0) is 25.2 Å². The van der Waals surface area contributed by atoms with E-state index < -0.39 is 22.0 Å². The SMILES string of the molecule is CCC(C(=O)O)S(=O)CC(=O)NCC1CC1. The Balaban J connectivity index is 2.30. The number of hydrogen-bond acceptors (Lipinski definition) is 3. The number of hydrogen-bond donors (Lipinski definition) is 2. The number of amides is 1. The number of carbonyl (C=O) groups is 2. The van der Waals surface area contributed by atoms with Crippen LogP contribution in [0.25, 0.3) is 0 Å². The maximum atomic E-state index is 11.6. The minimum Gasteiger partial charge on any atom is -0.480 e. The quantitative estimate of drug-likeness (QED) is 0.669. The average Bonchev–Trinajstić information content (AvgIpc) is 2.98. The summed E-state index contributed by atoms with van der Waals surface area (Å²) < 4.78 is 11.6. The first-order chi connectivity index (χ1) is 7.54. The molecule has 0 heterocycles. The van der Waals surface area contributed by atoms with Crippen LogP contribution < -0.4 is 5.32 Å². The number of carbonyl (C=O) groups excluding carboxylic acids is 1. The molecule has 0 aliphatic heterocycles. The van der Waals surface area contributed by atoms with Gasteiger partial charge in [0.2, 0.25) is 5.91 Å². The summed E-state index contributed by atoms with van der Waals surface area (Å²) in [6.07, 6.45) is 2.55. The van der Waals surface area contributed by atoms with Gasteiger partial charge in [-0.25, -0.2) is 0 Å². The predicted octanol–water partition coefficient (Wildman–Crippen LogP) is 0.124. The van der Waals surface area contributed by atoms with Crippen LogP contribution in [0.15, 0.2) is 0 Å². The number of nitrogens with one attached hydrogen (secondary N) is 1. The lowest BCUT2D eigenvalue weighted by Crippen LogP contribution is -2.35. The average molecular weight is 247 g/mol. The summed E-state index contributed by atoms with van der Waals surface area (Å²) in [5.74, 6) is -1.06. The van der Waals surface area contributed by atoms with Gasteiger partial charge in [0, 0.05) is 17.3 Å². The van der Waals surface area contributed by atoms with Gasteiger partial charge in [-0.3, -0.25) is 13.8 Å². The Morgan fingerprint density at radius 3 is 2.56 bits per heavy atom. The molecule has 0 bridgehead atoms. The zero-order valence-electron chi connectivity index (χ0n) is 9.27. The molecule has 5 nitrogen and oxygen atoms in total. The van der Waals surface area contributed by atoms with Gasteiger partial charge in [-0.15, -0.1) is 0 Å². The molecule has 0 aromatic heterocycles.